The van der Waals surface area contributed by atoms with Gasteiger partial charge >= 0.3 is 0 Å². The van der Waals surface area contributed by atoms with Crippen LogP contribution in [-0.4, -0.2) is 12.5 Å². The van der Waals surface area contributed by atoms with E-state index in [0.717, 1.165) is 34.1 Å². The highest BCUT2D eigenvalue weighted by molar-refractivity contribution is 9.11. The molecule has 108 valence electrons. The summed E-state index contributed by atoms with van der Waals surface area (Å²) in [6.45, 7) is 1.88. The van der Waals surface area contributed by atoms with Crippen LogP contribution in [0.15, 0.2) is 45.3 Å². The van der Waals surface area contributed by atoms with Crippen LogP contribution >= 0.6 is 31.9 Å². The molecule has 0 saturated carbocycles. The number of benzene rings is 2. The zero-order chi connectivity index (χ0) is 14.8. The number of rotatable bonds is 2. The van der Waals surface area contributed by atoms with E-state index >= 15 is 0 Å². The zero-order valence-electron chi connectivity index (χ0n) is 11.2. The van der Waals surface area contributed by atoms with Crippen molar-refractivity contribution >= 4 is 43.5 Å². The third-order valence-electron chi connectivity index (χ3n) is 3.52. The predicted octanol–water partition coefficient (Wildman–Crippen LogP) is 4.11. The minimum atomic E-state index is -0.119. The summed E-state index contributed by atoms with van der Waals surface area (Å²) in [4.78, 5) is 12.4. The van der Waals surface area contributed by atoms with E-state index in [1.165, 1.54) is 11.1 Å². The zero-order valence-corrected chi connectivity index (χ0v) is 14.4. The Morgan fingerprint density at radius 2 is 1.95 bits per heavy atom. The van der Waals surface area contributed by atoms with Crippen molar-refractivity contribution in [3.8, 4) is 0 Å². The molecular weight excluding hydrogens is 396 g/mol. The lowest BCUT2D eigenvalue weighted by molar-refractivity contribution is 0.102. The Balaban J connectivity index is 1.83. The average Bonchev–Trinajstić information content (AvgIpc) is 2.49. The monoisotopic (exact) mass is 408 g/mol. The Bertz CT molecular complexity index is 701. The molecule has 0 atom stereocenters. The van der Waals surface area contributed by atoms with Crippen molar-refractivity contribution in [2.75, 3.05) is 11.9 Å². The standard InChI is InChI=1S/C16H14Br2N2O/c17-12-2-4-15(18)14(8-12)16(21)20-13-3-1-10-5-6-19-9-11(10)7-13/h1-4,7-8,19H,5-6,9H2,(H,20,21). The van der Waals surface area contributed by atoms with Gasteiger partial charge in [-0.3, -0.25) is 4.79 Å². The first-order chi connectivity index (χ1) is 10.1. The molecule has 21 heavy (non-hydrogen) atoms. The summed E-state index contributed by atoms with van der Waals surface area (Å²) in [6, 6.07) is 11.7. The summed E-state index contributed by atoms with van der Waals surface area (Å²) < 4.78 is 1.66. The summed E-state index contributed by atoms with van der Waals surface area (Å²) in [7, 11) is 0. The van der Waals surface area contributed by atoms with Gasteiger partial charge < -0.3 is 10.6 Å². The summed E-state index contributed by atoms with van der Waals surface area (Å²) >= 11 is 6.80. The van der Waals surface area contributed by atoms with Crippen molar-refractivity contribution < 1.29 is 4.79 Å². The smallest absolute Gasteiger partial charge is 0.256 e. The molecule has 0 aromatic heterocycles. The van der Waals surface area contributed by atoms with Crippen molar-refractivity contribution in [3.63, 3.8) is 0 Å². The SMILES string of the molecule is O=C(Nc1ccc2c(c1)CNCC2)c1cc(Br)ccc1Br. The molecular formula is C16H14Br2N2O. The van der Waals surface area contributed by atoms with Crippen molar-refractivity contribution in [2.24, 2.45) is 0 Å². The molecule has 1 aliphatic heterocycles. The predicted molar refractivity (Wildman–Crippen MR) is 91.6 cm³/mol. The molecule has 0 spiro atoms. The van der Waals surface area contributed by atoms with Crippen LogP contribution in [0.4, 0.5) is 5.69 Å². The maximum absolute atomic E-state index is 12.4. The van der Waals surface area contributed by atoms with Crippen LogP contribution in [0.25, 0.3) is 0 Å². The molecule has 2 aromatic rings. The number of anilines is 1. The molecule has 3 nitrogen and oxygen atoms in total. The van der Waals surface area contributed by atoms with Crippen LogP contribution in [0.2, 0.25) is 0 Å². The summed E-state index contributed by atoms with van der Waals surface area (Å²) in [5, 5.41) is 6.30. The lowest BCUT2D eigenvalue weighted by Crippen LogP contribution is -2.23. The van der Waals surface area contributed by atoms with Crippen molar-refractivity contribution in [1.82, 2.24) is 5.32 Å². The highest BCUT2D eigenvalue weighted by Gasteiger charge is 2.13. The van der Waals surface area contributed by atoms with Gasteiger partial charge in [0.05, 0.1) is 5.56 Å². The second kappa shape index (κ2) is 6.30. The van der Waals surface area contributed by atoms with Gasteiger partial charge in [-0.2, -0.15) is 0 Å². The van der Waals surface area contributed by atoms with E-state index in [-0.39, 0.29) is 5.91 Å². The minimum absolute atomic E-state index is 0.119. The summed E-state index contributed by atoms with van der Waals surface area (Å²) in [5.41, 5.74) is 4.05. The van der Waals surface area contributed by atoms with Crippen LogP contribution in [0, 0.1) is 0 Å². The highest BCUT2D eigenvalue weighted by Crippen LogP contribution is 2.24. The second-order valence-electron chi connectivity index (χ2n) is 4.99. The van der Waals surface area contributed by atoms with E-state index in [4.69, 9.17) is 0 Å². The highest BCUT2D eigenvalue weighted by atomic mass is 79.9. The van der Waals surface area contributed by atoms with E-state index in [0.29, 0.717) is 5.56 Å². The quantitative estimate of drug-likeness (QED) is 0.783. The number of hydrogen-bond acceptors (Lipinski definition) is 2. The Morgan fingerprint density at radius 1 is 1.10 bits per heavy atom. The van der Waals surface area contributed by atoms with E-state index in [2.05, 4.69) is 48.6 Å². The molecule has 2 aromatic carbocycles. The third-order valence-corrected chi connectivity index (χ3v) is 4.71. The molecule has 0 bridgehead atoms. The molecule has 0 fully saturated rings. The molecule has 2 N–H and O–H groups in total. The maximum Gasteiger partial charge on any atom is 0.256 e. The first-order valence-corrected chi connectivity index (χ1v) is 8.31. The number of carbonyl (C=O) groups is 1. The molecule has 1 heterocycles. The van der Waals surface area contributed by atoms with Crippen molar-refractivity contribution in [1.29, 1.82) is 0 Å². The first-order valence-electron chi connectivity index (χ1n) is 6.72. The Kier molecular flexibility index (Phi) is 4.42. The van der Waals surface area contributed by atoms with Crippen molar-refractivity contribution in [2.45, 2.75) is 13.0 Å². The van der Waals surface area contributed by atoms with Crippen molar-refractivity contribution in [3.05, 3.63) is 62.0 Å². The molecule has 0 aliphatic carbocycles. The number of hydrogen-bond donors (Lipinski definition) is 2. The van der Waals surface area contributed by atoms with Gasteiger partial charge in [0.2, 0.25) is 0 Å². The number of nitrogens with one attached hydrogen (secondary N) is 2. The van der Waals surface area contributed by atoms with E-state index in [9.17, 15) is 4.79 Å². The minimum Gasteiger partial charge on any atom is -0.322 e. The van der Waals surface area contributed by atoms with Gasteiger partial charge in [-0.05, 0) is 70.4 Å². The van der Waals surface area contributed by atoms with Gasteiger partial charge in [0, 0.05) is 21.2 Å². The normalized spacial score (nSPS) is 13.6. The van der Waals surface area contributed by atoms with E-state index in [1.807, 2.05) is 24.3 Å². The van der Waals surface area contributed by atoms with Gasteiger partial charge in [-0.25, -0.2) is 0 Å². The van der Waals surface area contributed by atoms with Gasteiger partial charge in [-0.15, -0.1) is 0 Å². The fraction of sp³-hybridized carbons (Fsp3) is 0.188. The van der Waals surface area contributed by atoms with E-state index < -0.39 is 0 Å². The molecule has 0 radical (unpaired) electrons. The lowest BCUT2D eigenvalue weighted by Gasteiger charge is -2.18. The maximum atomic E-state index is 12.4. The Labute approximate surface area is 140 Å². The molecule has 0 unspecified atom stereocenters. The average molecular weight is 410 g/mol. The molecule has 1 aliphatic rings. The van der Waals surface area contributed by atoms with Crippen LogP contribution in [0.1, 0.15) is 21.5 Å². The van der Waals surface area contributed by atoms with Gasteiger partial charge in [0.15, 0.2) is 0 Å². The third kappa shape index (κ3) is 3.36. The molecule has 5 heteroatoms. The lowest BCUT2D eigenvalue weighted by atomic mass is 10.0. The van der Waals surface area contributed by atoms with Gasteiger partial charge in [-0.1, -0.05) is 22.0 Å². The van der Waals surface area contributed by atoms with Crippen LogP contribution in [-0.2, 0) is 13.0 Å². The number of amides is 1. The molecule has 1 amide bonds. The van der Waals surface area contributed by atoms with Crippen LogP contribution < -0.4 is 10.6 Å². The van der Waals surface area contributed by atoms with Crippen LogP contribution in [0.5, 0.6) is 0 Å². The number of halogens is 2. The molecule has 3 rings (SSSR count). The first kappa shape index (κ1) is 14.8. The largest absolute Gasteiger partial charge is 0.322 e. The fourth-order valence-corrected chi connectivity index (χ4v) is 3.22. The Hall–Kier alpha value is -1.17. The topological polar surface area (TPSA) is 41.1 Å². The summed E-state index contributed by atoms with van der Waals surface area (Å²) in [5.74, 6) is -0.119. The van der Waals surface area contributed by atoms with Gasteiger partial charge in [0.1, 0.15) is 0 Å². The summed E-state index contributed by atoms with van der Waals surface area (Å²) in [6.07, 6.45) is 1.04. The second-order valence-corrected chi connectivity index (χ2v) is 6.76. The fourth-order valence-electron chi connectivity index (χ4n) is 2.43. The van der Waals surface area contributed by atoms with Gasteiger partial charge in [0.25, 0.3) is 5.91 Å². The number of carbonyl (C=O) groups excluding carboxylic acids is 1. The number of fused-ring (bicyclic) bond motifs is 1. The Morgan fingerprint density at radius 3 is 2.81 bits per heavy atom. The molecule has 0 saturated heterocycles. The van der Waals surface area contributed by atoms with Crippen LogP contribution in [0.3, 0.4) is 0 Å². The van der Waals surface area contributed by atoms with E-state index in [1.54, 1.807) is 6.07 Å².